The van der Waals surface area contributed by atoms with Crippen molar-refractivity contribution in [2.24, 2.45) is 5.92 Å². The Morgan fingerprint density at radius 3 is 1.53 bits per heavy atom. The molecule has 0 amide bonds. The number of rotatable bonds is 3. The van der Waals surface area contributed by atoms with Gasteiger partial charge < -0.3 is 5.11 Å². The minimum absolute atomic E-state index is 0.457. The van der Waals surface area contributed by atoms with E-state index in [4.69, 9.17) is 5.11 Å². The number of nitrogens with one attached hydrogen (secondary N) is 1. The average molecular weight is 239 g/mol. The Morgan fingerprint density at radius 2 is 1.33 bits per heavy atom. The van der Waals surface area contributed by atoms with Crippen LogP contribution >= 0.6 is 0 Å². The van der Waals surface area contributed by atoms with Gasteiger partial charge in [0.05, 0.1) is 0 Å². The highest BCUT2D eigenvalue weighted by Crippen LogP contribution is 2.40. The summed E-state index contributed by atoms with van der Waals surface area (Å²) in [6, 6.07) is 0. The minimum atomic E-state index is -5.81. The van der Waals surface area contributed by atoms with Crippen molar-refractivity contribution >= 4 is 0 Å². The predicted molar refractivity (Wildman–Crippen MR) is 39.9 cm³/mol. The average Bonchev–Trinajstić information content (AvgIpc) is 1.95. The molecule has 8 heteroatoms. The van der Waals surface area contributed by atoms with Crippen molar-refractivity contribution in [3.05, 3.63) is 0 Å². The van der Waals surface area contributed by atoms with Crippen molar-refractivity contribution in [2.75, 3.05) is 6.54 Å². The zero-order chi connectivity index (χ0) is 12.5. The van der Waals surface area contributed by atoms with E-state index in [1.807, 2.05) is 0 Å². The number of hydrogen-bond donors (Lipinski definition) is 2. The molecule has 0 saturated heterocycles. The van der Waals surface area contributed by atoms with Gasteiger partial charge in [-0.1, -0.05) is 13.8 Å². The van der Waals surface area contributed by atoms with Crippen molar-refractivity contribution in [3.63, 3.8) is 0 Å². The van der Waals surface area contributed by atoms with Crippen LogP contribution in [0.5, 0.6) is 0 Å². The van der Waals surface area contributed by atoms with E-state index >= 15 is 0 Å². The fourth-order valence-corrected chi connectivity index (χ4v) is 0.713. The van der Waals surface area contributed by atoms with Gasteiger partial charge in [0, 0.05) is 6.54 Å². The summed E-state index contributed by atoms with van der Waals surface area (Å²) < 4.78 is 72.1. The predicted octanol–water partition coefficient (Wildman–Crippen LogP) is 2.05. The molecule has 0 bridgehead atoms. The minimum Gasteiger partial charge on any atom is -0.361 e. The molecule has 0 spiro atoms. The van der Waals surface area contributed by atoms with Gasteiger partial charge >= 0.3 is 18.1 Å². The Labute approximate surface area is 82.3 Å². The molecule has 0 aromatic rings. The first-order chi connectivity index (χ1) is 6.42. The van der Waals surface area contributed by atoms with Gasteiger partial charge in [0.25, 0.3) is 0 Å². The summed E-state index contributed by atoms with van der Waals surface area (Å²) in [6.45, 7) is 2.23. The monoisotopic (exact) mass is 239 g/mol. The maximum Gasteiger partial charge on any atom is 0.440 e. The molecule has 0 aliphatic rings. The van der Waals surface area contributed by atoms with Crippen molar-refractivity contribution in [1.29, 1.82) is 0 Å². The summed E-state index contributed by atoms with van der Waals surface area (Å²) in [5.74, 6) is -0.457. The van der Waals surface area contributed by atoms with Crippen molar-refractivity contribution in [2.45, 2.75) is 31.9 Å². The SMILES string of the molecule is CC(C)CNC(O)(C(F)(F)F)C(F)(F)F. The molecular weight excluding hydrogens is 228 g/mol. The lowest BCUT2D eigenvalue weighted by Gasteiger charge is -2.33. The number of aliphatic hydroxyl groups is 1. The Balaban J connectivity index is 4.90. The zero-order valence-electron chi connectivity index (χ0n) is 8.00. The van der Waals surface area contributed by atoms with Crippen LogP contribution in [0.3, 0.4) is 0 Å². The largest absolute Gasteiger partial charge is 0.440 e. The molecule has 92 valence electrons. The Bertz CT molecular complexity index is 195. The summed E-state index contributed by atoms with van der Waals surface area (Å²) in [6.07, 6.45) is -11.6. The van der Waals surface area contributed by atoms with Gasteiger partial charge in [-0.3, -0.25) is 5.32 Å². The van der Waals surface area contributed by atoms with Crippen LogP contribution in [0.4, 0.5) is 26.3 Å². The van der Waals surface area contributed by atoms with Crippen molar-refractivity contribution < 1.29 is 31.4 Å². The van der Waals surface area contributed by atoms with Crippen molar-refractivity contribution in [3.8, 4) is 0 Å². The van der Waals surface area contributed by atoms with E-state index in [2.05, 4.69) is 0 Å². The van der Waals surface area contributed by atoms with E-state index in [1.54, 1.807) is 0 Å². The van der Waals surface area contributed by atoms with Crippen LogP contribution in [0.15, 0.2) is 0 Å². The topological polar surface area (TPSA) is 32.3 Å². The summed E-state index contributed by atoms with van der Waals surface area (Å²) in [5.41, 5.74) is -4.84. The van der Waals surface area contributed by atoms with Crippen LogP contribution in [-0.2, 0) is 0 Å². The maximum absolute atomic E-state index is 12.0. The lowest BCUT2D eigenvalue weighted by molar-refractivity contribution is -0.379. The molecule has 15 heavy (non-hydrogen) atoms. The van der Waals surface area contributed by atoms with Crippen LogP contribution in [0, 0.1) is 5.92 Å². The van der Waals surface area contributed by atoms with Crippen LogP contribution in [0.2, 0.25) is 0 Å². The Morgan fingerprint density at radius 1 is 1.00 bits per heavy atom. The van der Waals surface area contributed by atoms with Gasteiger partial charge in [-0.15, -0.1) is 0 Å². The zero-order valence-corrected chi connectivity index (χ0v) is 8.00. The van der Waals surface area contributed by atoms with Gasteiger partial charge in [-0.2, -0.15) is 26.3 Å². The maximum atomic E-state index is 12.0. The highest BCUT2D eigenvalue weighted by Gasteiger charge is 2.70. The normalized spacial score (nSPS) is 14.8. The highest BCUT2D eigenvalue weighted by atomic mass is 19.4. The van der Waals surface area contributed by atoms with E-state index < -0.39 is 30.5 Å². The van der Waals surface area contributed by atoms with Crippen LogP contribution in [-0.4, -0.2) is 29.7 Å². The Kier molecular flexibility index (Phi) is 4.03. The second-order valence-electron chi connectivity index (χ2n) is 3.48. The second kappa shape index (κ2) is 4.17. The number of hydrogen-bond acceptors (Lipinski definition) is 2. The van der Waals surface area contributed by atoms with Gasteiger partial charge in [0.15, 0.2) is 0 Å². The third kappa shape index (κ3) is 3.23. The number of halogens is 6. The lowest BCUT2D eigenvalue weighted by Crippen LogP contribution is -2.66. The molecule has 0 aromatic heterocycles. The smallest absolute Gasteiger partial charge is 0.361 e. The first kappa shape index (κ1) is 14.5. The summed E-state index contributed by atoms with van der Waals surface area (Å²) in [5, 5.41) is 9.65. The molecule has 0 aliphatic heterocycles. The lowest BCUT2D eigenvalue weighted by atomic mass is 10.1. The summed E-state index contributed by atoms with van der Waals surface area (Å²) in [4.78, 5) is 0. The van der Waals surface area contributed by atoms with Gasteiger partial charge in [-0.05, 0) is 5.92 Å². The molecule has 0 saturated carbocycles. The molecule has 0 atom stereocenters. The molecule has 0 radical (unpaired) electrons. The quantitative estimate of drug-likeness (QED) is 0.583. The third-order valence-electron chi connectivity index (χ3n) is 1.59. The molecule has 2 nitrogen and oxygen atoms in total. The standard InChI is InChI=1S/C7H11F6NO/c1-4(2)3-14-5(15,6(8,9)10)7(11,12)13/h4,14-15H,3H2,1-2H3. The Hall–Kier alpha value is -0.500. The molecule has 0 unspecified atom stereocenters. The van der Waals surface area contributed by atoms with E-state index in [9.17, 15) is 26.3 Å². The molecule has 0 fully saturated rings. The van der Waals surface area contributed by atoms with Crippen molar-refractivity contribution in [1.82, 2.24) is 5.32 Å². The third-order valence-corrected chi connectivity index (χ3v) is 1.59. The van der Waals surface area contributed by atoms with Crippen LogP contribution in [0.1, 0.15) is 13.8 Å². The fourth-order valence-electron chi connectivity index (χ4n) is 0.713. The van der Waals surface area contributed by atoms with Gasteiger partial charge in [-0.25, -0.2) is 0 Å². The molecule has 2 N–H and O–H groups in total. The fraction of sp³-hybridized carbons (Fsp3) is 1.00. The molecular formula is C7H11F6NO. The van der Waals surface area contributed by atoms with Gasteiger partial charge in [0.2, 0.25) is 0 Å². The van der Waals surface area contributed by atoms with Crippen LogP contribution < -0.4 is 5.32 Å². The summed E-state index contributed by atoms with van der Waals surface area (Å²) >= 11 is 0. The highest BCUT2D eigenvalue weighted by molar-refractivity contribution is 4.91. The summed E-state index contributed by atoms with van der Waals surface area (Å²) in [7, 11) is 0. The first-order valence-corrected chi connectivity index (χ1v) is 4.02. The molecule has 0 aliphatic carbocycles. The molecule has 0 heterocycles. The van der Waals surface area contributed by atoms with E-state index in [1.165, 1.54) is 13.8 Å². The van der Waals surface area contributed by atoms with Crippen LogP contribution in [0.25, 0.3) is 0 Å². The van der Waals surface area contributed by atoms with E-state index in [0.717, 1.165) is 5.32 Å². The second-order valence-corrected chi connectivity index (χ2v) is 3.48. The number of alkyl halides is 6. The van der Waals surface area contributed by atoms with E-state index in [-0.39, 0.29) is 0 Å². The molecule has 0 rings (SSSR count). The molecule has 0 aromatic carbocycles. The van der Waals surface area contributed by atoms with Gasteiger partial charge in [0.1, 0.15) is 0 Å². The van der Waals surface area contributed by atoms with E-state index in [0.29, 0.717) is 0 Å². The first-order valence-electron chi connectivity index (χ1n) is 4.02.